The van der Waals surface area contributed by atoms with E-state index >= 15 is 0 Å². The molecule has 94 valence electrons. The van der Waals surface area contributed by atoms with Crippen LogP contribution in [0, 0.1) is 5.92 Å². The van der Waals surface area contributed by atoms with Crippen LogP contribution < -0.4 is 10.1 Å². The van der Waals surface area contributed by atoms with E-state index in [2.05, 4.69) is 10.4 Å². The molecular formula is C12H19N3O2. The molecule has 1 atom stereocenters. The third-order valence-corrected chi connectivity index (χ3v) is 3.26. The summed E-state index contributed by atoms with van der Waals surface area (Å²) in [6.07, 6.45) is 4.44. The molecule has 1 unspecified atom stereocenters. The SMILES string of the molecule is COc1cnn(C)c1C(=O)CC1CCCNC1. The predicted molar refractivity (Wildman–Crippen MR) is 64.3 cm³/mol. The molecule has 2 rings (SSSR count). The van der Waals surface area contributed by atoms with Crippen molar-refractivity contribution in [1.82, 2.24) is 15.1 Å². The molecule has 5 heteroatoms. The summed E-state index contributed by atoms with van der Waals surface area (Å²) >= 11 is 0. The van der Waals surface area contributed by atoms with Crippen molar-refractivity contribution >= 4 is 5.78 Å². The molecule has 17 heavy (non-hydrogen) atoms. The maximum Gasteiger partial charge on any atom is 0.184 e. The Hall–Kier alpha value is -1.36. The van der Waals surface area contributed by atoms with E-state index in [9.17, 15) is 4.79 Å². The highest BCUT2D eigenvalue weighted by molar-refractivity contribution is 5.97. The number of carbonyl (C=O) groups is 1. The summed E-state index contributed by atoms with van der Waals surface area (Å²) in [6.45, 7) is 2.01. The van der Waals surface area contributed by atoms with Gasteiger partial charge >= 0.3 is 0 Å². The van der Waals surface area contributed by atoms with Crippen molar-refractivity contribution in [3.05, 3.63) is 11.9 Å². The Morgan fingerprint density at radius 2 is 2.53 bits per heavy atom. The van der Waals surface area contributed by atoms with Gasteiger partial charge in [-0.05, 0) is 31.8 Å². The highest BCUT2D eigenvalue weighted by atomic mass is 16.5. The molecule has 1 N–H and O–H groups in total. The van der Waals surface area contributed by atoms with E-state index in [4.69, 9.17) is 4.74 Å². The maximum absolute atomic E-state index is 12.2. The van der Waals surface area contributed by atoms with E-state index < -0.39 is 0 Å². The van der Waals surface area contributed by atoms with Crippen LogP contribution in [0.3, 0.4) is 0 Å². The fourth-order valence-electron chi connectivity index (χ4n) is 2.34. The van der Waals surface area contributed by atoms with Crippen molar-refractivity contribution in [2.75, 3.05) is 20.2 Å². The van der Waals surface area contributed by atoms with Gasteiger partial charge < -0.3 is 10.1 Å². The number of aromatic nitrogens is 2. The first kappa shape index (κ1) is 12.1. The number of piperidine rings is 1. The van der Waals surface area contributed by atoms with E-state index in [-0.39, 0.29) is 5.78 Å². The standard InChI is InChI=1S/C12H19N3O2/c1-15-12(11(17-2)8-14-15)10(16)6-9-4-3-5-13-7-9/h8-9,13H,3-7H2,1-2H3. The zero-order valence-electron chi connectivity index (χ0n) is 10.4. The number of hydrogen-bond acceptors (Lipinski definition) is 4. The lowest BCUT2D eigenvalue weighted by molar-refractivity contribution is 0.0941. The Morgan fingerprint density at radius 3 is 3.18 bits per heavy atom. The number of ether oxygens (including phenoxy) is 1. The van der Waals surface area contributed by atoms with Gasteiger partial charge in [-0.15, -0.1) is 0 Å². The lowest BCUT2D eigenvalue weighted by atomic mass is 9.93. The highest BCUT2D eigenvalue weighted by Gasteiger charge is 2.22. The topological polar surface area (TPSA) is 56.2 Å². The number of nitrogens with zero attached hydrogens (tertiary/aromatic N) is 2. The normalized spacial score (nSPS) is 20.2. The van der Waals surface area contributed by atoms with E-state index in [0.717, 1.165) is 25.9 Å². The van der Waals surface area contributed by atoms with Crippen LogP contribution in [0.15, 0.2) is 6.20 Å². The molecule has 0 saturated carbocycles. The molecule has 0 bridgehead atoms. The van der Waals surface area contributed by atoms with Crippen LogP contribution in [0.4, 0.5) is 0 Å². The Balaban J connectivity index is 2.05. The second-order valence-corrected chi connectivity index (χ2v) is 4.52. The first-order valence-corrected chi connectivity index (χ1v) is 6.02. The minimum atomic E-state index is 0.121. The molecule has 0 spiro atoms. The molecule has 0 aliphatic carbocycles. The highest BCUT2D eigenvalue weighted by Crippen LogP contribution is 2.22. The van der Waals surface area contributed by atoms with Gasteiger partial charge in [0.15, 0.2) is 11.5 Å². The number of aryl methyl sites for hydroxylation is 1. The van der Waals surface area contributed by atoms with Crippen molar-refractivity contribution in [1.29, 1.82) is 0 Å². The summed E-state index contributed by atoms with van der Waals surface area (Å²) in [4.78, 5) is 12.2. The molecule has 0 aromatic carbocycles. The number of hydrogen-bond donors (Lipinski definition) is 1. The van der Waals surface area contributed by atoms with Crippen LogP contribution in [0.25, 0.3) is 0 Å². The number of methoxy groups -OCH3 is 1. The van der Waals surface area contributed by atoms with Crippen molar-refractivity contribution in [3.63, 3.8) is 0 Å². The van der Waals surface area contributed by atoms with Gasteiger partial charge in [0.2, 0.25) is 0 Å². The second-order valence-electron chi connectivity index (χ2n) is 4.52. The smallest absolute Gasteiger partial charge is 0.184 e. The Kier molecular flexibility index (Phi) is 3.78. The molecule has 1 aliphatic heterocycles. The summed E-state index contributed by atoms with van der Waals surface area (Å²) in [5.74, 6) is 1.13. The number of Topliss-reactive ketones (excluding diaryl/α,β-unsaturated/α-hetero) is 1. The fourth-order valence-corrected chi connectivity index (χ4v) is 2.34. The van der Waals surface area contributed by atoms with Crippen molar-refractivity contribution in [2.45, 2.75) is 19.3 Å². The van der Waals surface area contributed by atoms with Gasteiger partial charge in [-0.25, -0.2) is 0 Å². The first-order valence-electron chi connectivity index (χ1n) is 6.02. The Morgan fingerprint density at radius 1 is 1.71 bits per heavy atom. The van der Waals surface area contributed by atoms with Gasteiger partial charge in [0.05, 0.1) is 13.3 Å². The lowest BCUT2D eigenvalue weighted by Gasteiger charge is -2.21. The zero-order chi connectivity index (χ0) is 12.3. The predicted octanol–water partition coefficient (Wildman–Crippen LogP) is 1.00. The lowest BCUT2D eigenvalue weighted by Crippen LogP contribution is -2.31. The quantitative estimate of drug-likeness (QED) is 0.794. The minimum absolute atomic E-state index is 0.121. The minimum Gasteiger partial charge on any atom is -0.493 e. The van der Waals surface area contributed by atoms with Crippen molar-refractivity contribution in [2.24, 2.45) is 13.0 Å². The molecule has 0 radical (unpaired) electrons. The van der Waals surface area contributed by atoms with Crippen molar-refractivity contribution < 1.29 is 9.53 Å². The number of carbonyl (C=O) groups excluding carboxylic acids is 1. The molecule has 1 saturated heterocycles. The van der Waals surface area contributed by atoms with Crippen LogP contribution in [0.5, 0.6) is 5.75 Å². The van der Waals surface area contributed by atoms with Crippen LogP contribution >= 0.6 is 0 Å². The van der Waals surface area contributed by atoms with Gasteiger partial charge in [-0.2, -0.15) is 5.10 Å². The van der Waals surface area contributed by atoms with E-state index in [1.165, 1.54) is 0 Å². The van der Waals surface area contributed by atoms with Crippen molar-refractivity contribution in [3.8, 4) is 5.75 Å². The maximum atomic E-state index is 12.2. The van der Waals surface area contributed by atoms with Crippen LogP contribution in [-0.2, 0) is 7.05 Å². The second kappa shape index (κ2) is 5.31. The first-order chi connectivity index (χ1) is 8.22. The Bertz CT molecular complexity index is 394. The molecular weight excluding hydrogens is 218 g/mol. The molecule has 1 aromatic rings. The molecule has 1 aromatic heterocycles. The third kappa shape index (κ3) is 2.66. The van der Waals surface area contributed by atoms with Gasteiger partial charge in [-0.3, -0.25) is 9.48 Å². The number of nitrogens with one attached hydrogen (secondary N) is 1. The third-order valence-electron chi connectivity index (χ3n) is 3.26. The largest absolute Gasteiger partial charge is 0.493 e. The van der Waals surface area contributed by atoms with Gasteiger partial charge in [0, 0.05) is 13.5 Å². The van der Waals surface area contributed by atoms with Gasteiger partial charge in [0.25, 0.3) is 0 Å². The monoisotopic (exact) mass is 237 g/mol. The average Bonchev–Trinajstić information content (AvgIpc) is 2.71. The summed E-state index contributed by atoms with van der Waals surface area (Å²) < 4.78 is 6.75. The number of rotatable bonds is 4. The molecule has 5 nitrogen and oxygen atoms in total. The molecule has 1 fully saturated rings. The molecule has 2 heterocycles. The fraction of sp³-hybridized carbons (Fsp3) is 0.667. The van der Waals surface area contributed by atoms with E-state index in [1.54, 1.807) is 25.0 Å². The molecule has 1 aliphatic rings. The van der Waals surface area contributed by atoms with Crippen LogP contribution in [0.2, 0.25) is 0 Å². The van der Waals surface area contributed by atoms with E-state index in [1.807, 2.05) is 0 Å². The molecule has 0 amide bonds. The summed E-state index contributed by atoms with van der Waals surface area (Å²) in [5, 5.41) is 7.38. The van der Waals surface area contributed by atoms with Gasteiger partial charge in [-0.1, -0.05) is 0 Å². The average molecular weight is 237 g/mol. The number of ketones is 1. The Labute approximate surface area is 101 Å². The van der Waals surface area contributed by atoms with Crippen LogP contribution in [0.1, 0.15) is 29.8 Å². The summed E-state index contributed by atoms with van der Waals surface area (Å²) in [5.41, 5.74) is 0.582. The van der Waals surface area contributed by atoms with Crippen LogP contribution in [-0.4, -0.2) is 35.8 Å². The van der Waals surface area contributed by atoms with E-state index in [0.29, 0.717) is 23.8 Å². The summed E-state index contributed by atoms with van der Waals surface area (Å²) in [7, 11) is 3.34. The van der Waals surface area contributed by atoms with Gasteiger partial charge in [0.1, 0.15) is 5.69 Å². The zero-order valence-corrected chi connectivity index (χ0v) is 10.4. The summed E-state index contributed by atoms with van der Waals surface area (Å²) in [6, 6.07) is 0.